The summed E-state index contributed by atoms with van der Waals surface area (Å²) < 4.78 is 31.8. The van der Waals surface area contributed by atoms with Crippen molar-refractivity contribution in [3.05, 3.63) is 101 Å². The highest BCUT2D eigenvalue weighted by Crippen LogP contribution is 2.25. The van der Waals surface area contributed by atoms with Crippen LogP contribution in [0.3, 0.4) is 0 Å². The maximum Gasteiger partial charge on any atom is 0.253 e. The summed E-state index contributed by atoms with van der Waals surface area (Å²) in [4.78, 5) is 27.6. The number of amides is 2. The van der Waals surface area contributed by atoms with Gasteiger partial charge >= 0.3 is 0 Å². The highest BCUT2D eigenvalue weighted by atomic mass is 19.1. The Bertz CT molecular complexity index is 1140. The van der Waals surface area contributed by atoms with E-state index in [1.54, 1.807) is 24.1 Å². The monoisotopic (exact) mass is 478 g/mol. The van der Waals surface area contributed by atoms with Crippen LogP contribution in [-0.4, -0.2) is 36.9 Å². The van der Waals surface area contributed by atoms with Gasteiger partial charge in [-0.1, -0.05) is 24.3 Å². The number of ether oxygens (including phenoxy) is 1. The second-order valence-electron chi connectivity index (χ2n) is 8.74. The Hall–Kier alpha value is -3.74. The van der Waals surface area contributed by atoms with Crippen molar-refractivity contribution in [3.8, 4) is 5.75 Å². The van der Waals surface area contributed by atoms with E-state index in [4.69, 9.17) is 4.74 Å². The van der Waals surface area contributed by atoms with Gasteiger partial charge in [-0.3, -0.25) is 9.59 Å². The second-order valence-corrected chi connectivity index (χ2v) is 8.74. The quantitative estimate of drug-likeness (QED) is 0.524. The standard InChI is InChI=1S/C28H28F2N2O3/c1-35-25-12-6-20(7-13-25)26(18-19-2-8-23(29)9-3-19)31-27(33)21-14-16-32(17-15-21)28(34)22-4-10-24(30)11-5-22/h2-13,21,26H,14-18H2,1H3,(H,31,33). The summed E-state index contributed by atoms with van der Waals surface area (Å²) in [6, 6.07) is 19.0. The second kappa shape index (κ2) is 11.1. The summed E-state index contributed by atoms with van der Waals surface area (Å²) >= 11 is 0. The van der Waals surface area contributed by atoms with Gasteiger partial charge in [0, 0.05) is 24.6 Å². The van der Waals surface area contributed by atoms with E-state index in [9.17, 15) is 18.4 Å². The Kier molecular flexibility index (Phi) is 7.75. The maximum absolute atomic E-state index is 13.4. The first-order valence-corrected chi connectivity index (χ1v) is 11.7. The van der Waals surface area contributed by atoms with Gasteiger partial charge < -0.3 is 15.0 Å². The molecule has 3 aromatic carbocycles. The fourth-order valence-corrected chi connectivity index (χ4v) is 4.35. The average molecular weight is 479 g/mol. The minimum atomic E-state index is -0.385. The van der Waals surface area contributed by atoms with Crippen LogP contribution in [0.15, 0.2) is 72.8 Å². The summed E-state index contributed by atoms with van der Waals surface area (Å²) in [7, 11) is 1.60. The lowest BCUT2D eigenvalue weighted by Crippen LogP contribution is -2.44. The normalized spacial score (nSPS) is 14.9. The van der Waals surface area contributed by atoms with Gasteiger partial charge in [0.05, 0.1) is 13.2 Å². The van der Waals surface area contributed by atoms with Crippen LogP contribution in [0.4, 0.5) is 8.78 Å². The zero-order valence-corrected chi connectivity index (χ0v) is 19.5. The van der Waals surface area contributed by atoms with Crippen LogP contribution in [0.5, 0.6) is 5.75 Å². The largest absolute Gasteiger partial charge is 0.497 e. The van der Waals surface area contributed by atoms with Crippen molar-refractivity contribution in [2.24, 2.45) is 5.92 Å². The zero-order valence-electron chi connectivity index (χ0n) is 19.5. The number of carbonyl (C=O) groups is 2. The summed E-state index contributed by atoms with van der Waals surface area (Å²) in [6.07, 6.45) is 1.61. The van der Waals surface area contributed by atoms with Crippen LogP contribution in [0.2, 0.25) is 0 Å². The molecule has 35 heavy (non-hydrogen) atoms. The van der Waals surface area contributed by atoms with Crippen molar-refractivity contribution in [1.29, 1.82) is 0 Å². The highest BCUT2D eigenvalue weighted by molar-refractivity contribution is 5.94. The molecule has 0 bridgehead atoms. The zero-order chi connectivity index (χ0) is 24.8. The summed E-state index contributed by atoms with van der Waals surface area (Å²) in [5.41, 5.74) is 2.27. The molecule has 1 saturated heterocycles. The Morgan fingerprint density at radius 2 is 1.49 bits per heavy atom. The molecule has 0 radical (unpaired) electrons. The smallest absolute Gasteiger partial charge is 0.253 e. The van der Waals surface area contributed by atoms with Crippen LogP contribution >= 0.6 is 0 Å². The van der Waals surface area contributed by atoms with Crippen LogP contribution < -0.4 is 10.1 Å². The molecule has 5 nitrogen and oxygen atoms in total. The van der Waals surface area contributed by atoms with Gasteiger partial charge in [-0.05, 0) is 78.9 Å². The number of benzene rings is 3. The van der Waals surface area contributed by atoms with E-state index < -0.39 is 0 Å². The van der Waals surface area contributed by atoms with E-state index in [0.29, 0.717) is 37.9 Å². The third-order valence-corrected chi connectivity index (χ3v) is 6.43. The summed E-state index contributed by atoms with van der Waals surface area (Å²) in [6.45, 7) is 0.916. The number of likely N-dealkylation sites (tertiary alicyclic amines) is 1. The van der Waals surface area contributed by atoms with Crippen molar-refractivity contribution in [2.75, 3.05) is 20.2 Å². The molecular formula is C28H28F2N2O3. The number of hydrogen-bond acceptors (Lipinski definition) is 3. The van der Waals surface area contributed by atoms with Gasteiger partial charge in [-0.25, -0.2) is 8.78 Å². The first kappa shape index (κ1) is 24.4. The van der Waals surface area contributed by atoms with Crippen molar-refractivity contribution in [1.82, 2.24) is 10.2 Å². The van der Waals surface area contributed by atoms with Gasteiger partial charge in [0.25, 0.3) is 5.91 Å². The molecule has 1 atom stereocenters. The van der Waals surface area contributed by atoms with E-state index in [0.717, 1.165) is 16.9 Å². The number of hydrogen-bond donors (Lipinski definition) is 1. The average Bonchev–Trinajstić information content (AvgIpc) is 2.89. The van der Waals surface area contributed by atoms with Crippen molar-refractivity contribution in [3.63, 3.8) is 0 Å². The number of nitrogens with zero attached hydrogens (tertiary/aromatic N) is 1. The molecule has 0 aromatic heterocycles. The van der Waals surface area contributed by atoms with Crippen molar-refractivity contribution < 1.29 is 23.1 Å². The molecule has 7 heteroatoms. The van der Waals surface area contributed by atoms with Crippen molar-refractivity contribution in [2.45, 2.75) is 25.3 Å². The molecule has 0 aliphatic carbocycles. The van der Waals surface area contributed by atoms with Crippen LogP contribution in [0.1, 0.15) is 40.4 Å². The Balaban J connectivity index is 1.41. The first-order chi connectivity index (χ1) is 16.9. The molecule has 0 saturated carbocycles. The predicted octanol–water partition coefficient (Wildman–Crippen LogP) is 4.93. The molecule has 1 N–H and O–H groups in total. The van der Waals surface area contributed by atoms with Gasteiger partial charge in [0.15, 0.2) is 0 Å². The molecule has 4 rings (SSSR count). The summed E-state index contributed by atoms with van der Waals surface area (Å²) in [5, 5.41) is 3.17. The molecule has 0 spiro atoms. The lowest BCUT2D eigenvalue weighted by Gasteiger charge is -2.32. The lowest BCUT2D eigenvalue weighted by molar-refractivity contribution is -0.127. The highest BCUT2D eigenvalue weighted by Gasteiger charge is 2.29. The third-order valence-electron chi connectivity index (χ3n) is 6.43. The molecule has 1 heterocycles. The molecule has 1 aliphatic rings. The Morgan fingerprint density at radius 1 is 0.914 bits per heavy atom. The van der Waals surface area contributed by atoms with Crippen LogP contribution in [-0.2, 0) is 11.2 Å². The molecule has 1 aliphatic heterocycles. The molecule has 2 amide bonds. The first-order valence-electron chi connectivity index (χ1n) is 11.7. The number of rotatable bonds is 7. The molecule has 182 valence electrons. The van der Waals surface area contributed by atoms with E-state index in [1.165, 1.54) is 36.4 Å². The third kappa shape index (κ3) is 6.23. The SMILES string of the molecule is COc1ccc(C(Cc2ccc(F)cc2)NC(=O)C2CCN(C(=O)c3ccc(F)cc3)CC2)cc1. The van der Waals surface area contributed by atoms with Gasteiger partial charge in [0.1, 0.15) is 17.4 Å². The predicted molar refractivity (Wildman–Crippen MR) is 129 cm³/mol. The Morgan fingerprint density at radius 3 is 2.06 bits per heavy atom. The molecule has 1 unspecified atom stereocenters. The van der Waals surface area contributed by atoms with Gasteiger partial charge in [-0.15, -0.1) is 0 Å². The molecular weight excluding hydrogens is 450 g/mol. The van der Waals surface area contributed by atoms with Gasteiger partial charge in [-0.2, -0.15) is 0 Å². The number of halogens is 2. The number of nitrogens with one attached hydrogen (secondary N) is 1. The summed E-state index contributed by atoms with van der Waals surface area (Å²) in [5.74, 6) is -0.414. The number of carbonyl (C=O) groups excluding carboxylic acids is 2. The van der Waals surface area contributed by atoms with E-state index in [1.807, 2.05) is 24.3 Å². The van der Waals surface area contributed by atoms with Crippen LogP contribution in [0.25, 0.3) is 0 Å². The Labute approximate surface area is 203 Å². The van der Waals surface area contributed by atoms with Crippen LogP contribution in [0, 0.1) is 17.6 Å². The van der Waals surface area contributed by atoms with E-state index >= 15 is 0 Å². The topological polar surface area (TPSA) is 58.6 Å². The minimum absolute atomic E-state index is 0.0678. The fraction of sp³-hybridized carbons (Fsp3) is 0.286. The van der Waals surface area contributed by atoms with Gasteiger partial charge in [0.2, 0.25) is 5.91 Å². The van der Waals surface area contributed by atoms with E-state index in [2.05, 4.69) is 5.32 Å². The van der Waals surface area contributed by atoms with E-state index in [-0.39, 0.29) is 35.4 Å². The molecule has 1 fully saturated rings. The van der Waals surface area contributed by atoms with Crippen molar-refractivity contribution >= 4 is 11.8 Å². The fourth-order valence-electron chi connectivity index (χ4n) is 4.35. The minimum Gasteiger partial charge on any atom is -0.497 e. The lowest BCUT2D eigenvalue weighted by atomic mass is 9.93. The maximum atomic E-state index is 13.4. The number of methoxy groups -OCH3 is 1. The molecule has 3 aromatic rings. The number of piperidine rings is 1.